The molecular formula is C8H5BrF3NO3. The number of hydrogen-bond acceptors (Lipinski definition) is 4. The van der Waals surface area contributed by atoms with Crippen molar-refractivity contribution in [3.63, 3.8) is 0 Å². The molecule has 16 heavy (non-hydrogen) atoms. The molecule has 0 saturated heterocycles. The number of pyridine rings is 1. The van der Waals surface area contributed by atoms with Crippen LogP contribution in [0.2, 0.25) is 0 Å². The van der Waals surface area contributed by atoms with Crippen molar-refractivity contribution in [3.8, 4) is 11.6 Å². The summed E-state index contributed by atoms with van der Waals surface area (Å²) in [6, 6.07) is 0.893. The topological polar surface area (TPSA) is 59.4 Å². The van der Waals surface area contributed by atoms with Crippen LogP contribution in [0.5, 0.6) is 11.6 Å². The highest BCUT2D eigenvalue weighted by Gasteiger charge is 2.32. The number of alkyl halides is 4. The number of rotatable bonds is 3. The van der Waals surface area contributed by atoms with Gasteiger partial charge in [0, 0.05) is 17.0 Å². The summed E-state index contributed by atoms with van der Waals surface area (Å²) in [5, 5.41) is 9.42. The van der Waals surface area contributed by atoms with E-state index in [0.717, 1.165) is 6.07 Å². The number of carbonyl (C=O) groups excluding carboxylic acids is 1. The predicted octanol–water partition coefficient (Wildman–Crippen LogP) is 2.39. The Hall–Kier alpha value is -1.31. The average Bonchev–Trinajstić information content (AvgIpc) is 2.18. The molecule has 1 rings (SSSR count). The van der Waals surface area contributed by atoms with Crippen LogP contribution in [0.1, 0.15) is 16.1 Å². The molecule has 0 aliphatic heterocycles. The number of nitrogens with zero attached hydrogens (tertiary/aromatic N) is 1. The van der Waals surface area contributed by atoms with Crippen LogP contribution in [0.4, 0.5) is 13.2 Å². The van der Waals surface area contributed by atoms with Crippen LogP contribution >= 0.6 is 15.9 Å². The van der Waals surface area contributed by atoms with Crippen molar-refractivity contribution in [2.75, 3.05) is 0 Å². The summed E-state index contributed by atoms with van der Waals surface area (Å²) in [5.41, 5.74) is -0.424. The molecule has 0 aromatic carbocycles. The molecule has 0 bridgehead atoms. The lowest BCUT2D eigenvalue weighted by molar-refractivity contribution is -0.276. The molecule has 1 N–H and O–H groups in total. The van der Waals surface area contributed by atoms with Crippen molar-refractivity contribution < 1.29 is 27.8 Å². The fraction of sp³-hybridized carbons (Fsp3) is 0.250. The van der Waals surface area contributed by atoms with Crippen LogP contribution in [0.15, 0.2) is 6.07 Å². The second-order valence-electron chi connectivity index (χ2n) is 2.65. The lowest BCUT2D eigenvalue weighted by atomic mass is 10.2. The SMILES string of the molecule is O=Cc1nc(OC(F)(F)F)cc(CBr)c1O. The van der Waals surface area contributed by atoms with Gasteiger partial charge in [0.25, 0.3) is 0 Å². The fourth-order valence-corrected chi connectivity index (χ4v) is 1.37. The number of aromatic nitrogens is 1. The molecule has 4 nitrogen and oxygen atoms in total. The number of hydrogen-bond donors (Lipinski definition) is 1. The zero-order valence-corrected chi connectivity index (χ0v) is 9.17. The largest absolute Gasteiger partial charge is 0.574 e. The van der Waals surface area contributed by atoms with Gasteiger partial charge in [-0.15, -0.1) is 13.2 Å². The highest BCUT2D eigenvalue weighted by molar-refractivity contribution is 9.08. The fourth-order valence-electron chi connectivity index (χ4n) is 0.941. The number of halogens is 4. The minimum Gasteiger partial charge on any atom is -0.505 e. The maximum Gasteiger partial charge on any atom is 0.574 e. The summed E-state index contributed by atoms with van der Waals surface area (Å²) >= 11 is 2.94. The van der Waals surface area contributed by atoms with E-state index in [4.69, 9.17) is 0 Å². The van der Waals surface area contributed by atoms with Gasteiger partial charge >= 0.3 is 6.36 Å². The van der Waals surface area contributed by atoms with E-state index >= 15 is 0 Å². The summed E-state index contributed by atoms with van der Waals surface area (Å²) in [6.07, 6.45) is -4.75. The lowest BCUT2D eigenvalue weighted by Gasteiger charge is -2.10. The van der Waals surface area contributed by atoms with Crippen molar-refractivity contribution in [3.05, 3.63) is 17.3 Å². The Morgan fingerprint density at radius 2 is 2.19 bits per heavy atom. The maximum atomic E-state index is 11.9. The summed E-state index contributed by atoms with van der Waals surface area (Å²) < 4.78 is 39.2. The summed E-state index contributed by atoms with van der Waals surface area (Å²) in [6.45, 7) is 0. The first kappa shape index (κ1) is 12.8. The summed E-state index contributed by atoms with van der Waals surface area (Å²) in [4.78, 5) is 13.6. The van der Waals surface area contributed by atoms with E-state index in [1.54, 1.807) is 0 Å². The Morgan fingerprint density at radius 3 is 2.62 bits per heavy atom. The molecule has 8 heteroatoms. The molecule has 0 unspecified atom stereocenters. The molecule has 0 aliphatic carbocycles. The van der Waals surface area contributed by atoms with E-state index in [1.807, 2.05) is 0 Å². The average molecular weight is 300 g/mol. The van der Waals surface area contributed by atoms with Gasteiger partial charge in [0.1, 0.15) is 11.4 Å². The normalized spacial score (nSPS) is 11.2. The summed E-state index contributed by atoms with van der Waals surface area (Å²) in [7, 11) is 0. The second-order valence-corrected chi connectivity index (χ2v) is 3.21. The van der Waals surface area contributed by atoms with Crippen molar-refractivity contribution >= 4 is 22.2 Å². The molecular weight excluding hydrogens is 295 g/mol. The van der Waals surface area contributed by atoms with Crippen LogP contribution < -0.4 is 4.74 Å². The molecule has 1 heterocycles. The Bertz CT molecular complexity index is 408. The van der Waals surface area contributed by atoms with Crippen molar-refractivity contribution in [1.82, 2.24) is 4.98 Å². The minimum absolute atomic E-state index is 0.0659. The first-order valence-electron chi connectivity index (χ1n) is 3.87. The molecule has 0 fully saturated rings. The molecule has 0 atom stereocenters. The Balaban J connectivity index is 3.17. The first-order chi connectivity index (χ1) is 7.37. The molecule has 0 aliphatic rings. The Kier molecular flexibility index (Phi) is 3.74. The predicted molar refractivity (Wildman–Crippen MR) is 50.6 cm³/mol. The first-order valence-corrected chi connectivity index (χ1v) is 4.99. The van der Waals surface area contributed by atoms with E-state index in [2.05, 4.69) is 25.7 Å². The van der Waals surface area contributed by atoms with Crippen LogP contribution in [0, 0.1) is 0 Å². The number of aldehydes is 1. The highest BCUT2D eigenvalue weighted by Crippen LogP contribution is 2.29. The van der Waals surface area contributed by atoms with Crippen molar-refractivity contribution in [1.29, 1.82) is 0 Å². The van der Waals surface area contributed by atoms with Gasteiger partial charge in [-0.05, 0) is 0 Å². The quantitative estimate of drug-likeness (QED) is 0.688. The van der Waals surface area contributed by atoms with E-state index in [1.165, 1.54) is 0 Å². The van der Waals surface area contributed by atoms with E-state index < -0.39 is 23.7 Å². The lowest BCUT2D eigenvalue weighted by Crippen LogP contribution is -2.18. The van der Waals surface area contributed by atoms with Crippen LogP contribution in [0.3, 0.4) is 0 Å². The van der Waals surface area contributed by atoms with Gasteiger partial charge in [0.15, 0.2) is 6.29 Å². The van der Waals surface area contributed by atoms with Gasteiger partial charge in [-0.2, -0.15) is 0 Å². The van der Waals surface area contributed by atoms with Gasteiger partial charge in [-0.3, -0.25) is 4.79 Å². The van der Waals surface area contributed by atoms with Crippen LogP contribution in [-0.4, -0.2) is 22.7 Å². The molecule has 0 radical (unpaired) electrons. The van der Waals surface area contributed by atoms with E-state index in [9.17, 15) is 23.1 Å². The van der Waals surface area contributed by atoms with Gasteiger partial charge in [0.2, 0.25) is 5.88 Å². The maximum absolute atomic E-state index is 11.9. The monoisotopic (exact) mass is 299 g/mol. The van der Waals surface area contributed by atoms with Gasteiger partial charge in [-0.25, -0.2) is 4.98 Å². The third-order valence-corrected chi connectivity index (χ3v) is 2.16. The third-order valence-electron chi connectivity index (χ3n) is 1.55. The number of ether oxygens (including phenoxy) is 1. The zero-order valence-electron chi connectivity index (χ0n) is 7.58. The molecule has 1 aromatic rings. The van der Waals surface area contributed by atoms with E-state index in [-0.39, 0.29) is 17.2 Å². The van der Waals surface area contributed by atoms with Crippen LogP contribution in [0.25, 0.3) is 0 Å². The standard InChI is InChI=1S/C8H5BrF3NO3/c9-2-4-1-6(16-8(10,11)12)13-5(3-14)7(4)15/h1,3,15H,2H2. The molecule has 0 spiro atoms. The minimum atomic E-state index is -4.90. The number of carbonyl (C=O) groups is 1. The molecule has 0 amide bonds. The highest BCUT2D eigenvalue weighted by atomic mass is 79.9. The van der Waals surface area contributed by atoms with Crippen molar-refractivity contribution in [2.24, 2.45) is 0 Å². The van der Waals surface area contributed by atoms with Crippen molar-refractivity contribution in [2.45, 2.75) is 11.7 Å². The summed E-state index contributed by atoms with van der Waals surface area (Å²) in [5.74, 6) is -1.26. The van der Waals surface area contributed by atoms with Gasteiger partial charge in [-0.1, -0.05) is 15.9 Å². The molecule has 1 aromatic heterocycles. The van der Waals surface area contributed by atoms with E-state index in [0.29, 0.717) is 0 Å². The molecule has 88 valence electrons. The Morgan fingerprint density at radius 1 is 1.56 bits per heavy atom. The molecule has 0 saturated carbocycles. The third kappa shape index (κ3) is 3.09. The van der Waals surface area contributed by atoms with Gasteiger partial charge < -0.3 is 9.84 Å². The number of aromatic hydroxyl groups is 1. The van der Waals surface area contributed by atoms with Crippen LogP contribution in [-0.2, 0) is 5.33 Å². The zero-order chi connectivity index (χ0) is 12.3. The Labute approximate surface area is 96.2 Å². The smallest absolute Gasteiger partial charge is 0.505 e. The van der Waals surface area contributed by atoms with Gasteiger partial charge in [0.05, 0.1) is 0 Å². The second kappa shape index (κ2) is 4.69.